The smallest absolute Gasteiger partial charge is 0.416 e. The minimum Gasteiger partial charge on any atom is -0.447 e. The highest BCUT2D eigenvalue weighted by Crippen LogP contribution is 2.34. The average molecular weight is 314 g/mol. The van der Waals surface area contributed by atoms with Crippen LogP contribution < -0.4 is 0 Å². The largest absolute Gasteiger partial charge is 0.447 e. The van der Waals surface area contributed by atoms with Crippen molar-refractivity contribution in [1.82, 2.24) is 4.90 Å². The molecule has 0 aromatic carbocycles. The Morgan fingerprint density at radius 1 is 1.53 bits per heavy atom. The Labute approximate surface area is 106 Å². The average Bonchev–Trinajstić information content (AvgIpc) is 2.56. The molecule has 17 heavy (non-hydrogen) atoms. The standard InChI is InChI=1S/C10H14BrF2NO3/c1-5(2)7-4-17-9(16)14(7)8(15)6(3)10(11,12)13/h5-7H,4H2,1-3H3/t6-,7-/m1/s1. The molecule has 0 saturated carbocycles. The predicted octanol–water partition coefficient (Wildman–Crippen LogP) is 2.61. The van der Waals surface area contributed by atoms with Gasteiger partial charge in [-0.1, -0.05) is 13.8 Å². The van der Waals surface area contributed by atoms with Gasteiger partial charge in [0.15, 0.2) is 0 Å². The number of halogens is 3. The minimum absolute atomic E-state index is 0.0402. The van der Waals surface area contributed by atoms with E-state index in [9.17, 15) is 18.4 Å². The Morgan fingerprint density at radius 2 is 2.06 bits per heavy atom. The van der Waals surface area contributed by atoms with E-state index in [0.29, 0.717) is 0 Å². The topological polar surface area (TPSA) is 46.6 Å². The van der Waals surface area contributed by atoms with E-state index >= 15 is 0 Å². The van der Waals surface area contributed by atoms with Gasteiger partial charge in [0.25, 0.3) is 0 Å². The fraction of sp³-hybridized carbons (Fsp3) is 0.800. The van der Waals surface area contributed by atoms with Crippen LogP contribution in [0.15, 0.2) is 0 Å². The summed E-state index contributed by atoms with van der Waals surface area (Å²) in [6, 6.07) is -0.479. The minimum atomic E-state index is -3.34. The number of imide groups is 1. The molecule has 1 aliphatic rings. The molecule has 0 aliphatic carbocycles. The summed E-state index contributed by atoms with van der Waals surface area (Å²) in [6.07, 6.45) is -0.850. The Morgan fingerprint density at radius 3 is 2.47 bits per heavy atom. The zero-order chi connectivity index (χ0) is 13.4. The van der Waals surface area contributed by atoms with E-state index in [-0.39, 0.29) is 12.5 Å². The Kier molecular flexibility index (Phi) is 4.11. The molecule has 1 aliphatic heterocycles. The summed E-state index contributed by atoms with van der Waals surface area (Å²) >= 11 is 2.14. The number of rotatable bonds is 3. The summed E-state index contributed by atoms with van der Waals surface area (Å²) in [5.74, 6) is -2.58. The molecule has 1 saturated heterocycles. The third-order valence-corrected chi connectivity index (χ3v) is 3.46. The number of carbonyl (C=O) groups is 2. The summed E-state index contributed by atoms with van der Waals surface area (Å²) in [7, 11) is 0. The van der Waals surface area contributed by atoms with Crippen LogP contribution in [0.1, 0.15) is 20.8 Å². The van der Waals surface area contributed by atoms with Gasteiger partial charge in [-0.25, -0.2) is 9.69 Å². The fourth-order valence-electron chi connectivity index (χ4n) is 1.53. The van der Waals surface area contributed by atoms with Crippen molar-refractivity contribution in [3.63, 3.8) is 0 Å². The van der Waals surface area contributed by atoms with Crippen molar-refractivity contribution in [2.45, 2.75) is 31.6 Å². The van der Waals surface area contributed by atoms with Crippen molar-refractivity contribution in [1.29, 1.82) is 0 Å². The van der Waals surface area contributed by atoms with Crippen LogP contribution in [0.25, 0.3) is 0 Å². The summed E-state index contributed by atoms with van der Waals surface area (Å²) < 4.78 is 30.7. The normalized spacial score (nSPS) is 22.9. The van der Waals surface area contributed by atoms with E-state index in [2.05, 4.69) is 15.9 Å². The molecule has 4 nitrogen and oxygen atoms in total. The van der Waals surface area contributed by atoms with Crippen molar-refractivity contribution in [3.8, 4) is 0 Å². The molecule has 0 aromatic heterocycles. The van der Waals surface area contributed by atoms with E-state index in [4.69, 9.17) is 4.74 Å². The molecule has 2 atom stereocenters. The van der Waals surface area contributed by atoms with Crippen LogP contribution in [-0.4, -0.2) is 34.4 Å². The number of hydrogen-bond acceptors (Lipinski definition) is 3. The van der Waals surface area contributed by atoms with Gasteiger partial charge in [0, 0.05) is 0 Å². The van der Waals surface area contributed by atoms with Gasteiger partial charge in [0.2, 0.25) is 5.91 Å². The van der Waals surface area contributed by atoms with Crippen LogP contribution >= 0.6 is 15.9 Å². The van der Waals surface area contributed by atoms with Crippen LogP contribution in [0.5, 0.6) is 0 Å². The van der Waals surface area contributed by atoms with Gasteiger partial charge in [0.1, 0.15) is 12.5 Å². The molecule has 0 N–H and O–H groups in total. The third-order valence-electron chi connectivity index (χ3n) is 2.77. The van der Waals surface area contributed by atoms with E-state index in [1.165, 1.54) is 0 Å². The lowest BCUT2D eigenvalue weighted by Gasteiger charge is -2.26. The summed E-state index contributed by atoms with van der Waals surface area (Å²) in [6.45, 7) is 4.72. The Bertz CT molecular complexity index is 330. The van der Waals surface area contributed by atoms with Gasteiger partial charge >= 0.3 is 10.9 Å². The Balaban J connectivity index is 2.90. The predicted molar refractivity (Wildman–Crippen MR) is 59.9 cm³/mol. The summed E-state index contributed by atoms with van der Waals surface area (Å²) in [4.78, 5) is 20.7. The number of alkyl halides is 3. The first kappa shape index (κ1) is 14.3. The highest BCUT2D eigenvalue weighted by Gasteiger charge is 2.47. The molecule has 0 radical (unpaired) electrons. The second-order valence-corrected chi connectivity index (χ2v) is 5.42. The van der Waals surface area contributed by atoms with Gasteiger partial charge in [-0.05, 0) is 28.8 Å². The second kappa shape index (κ2) is 4.88. The lowest BCUT2D eigenvalue weighted by Crippen LogP contribution is -2.47. The van der Waals surface area contributed by atoms with Gasteiger partial charge in [-0.3, -0.25) is 4.79 Å². The molecule has 1 heterocycles. The number of hydrogen-bond donors (Lipinski definition) is 0. The summed E-state index contributed by atoms with van der Waals surface area (Å²) in [5.41, 5.74) is 0. The molecule has 0 aromatic rings. The Hall–Kier alpha value is -0.720. The molecule has 98 valence electrons. The molecule has 0 unspecified atom stereocenters. The van der Waals surface area contributed by atoms with Gasteiger partial charge in [0.05, 0.1) is 6.04 Å². The fourth-order valence-corrected chi connectivity index (χ4v) is 1.72. The third kappa shape index (κ3) is 2.94. The maximum Gasteiger partial charge on any atom is 0.416 e. The van der Waals surface area contributed by atoms with E-state index < -0.39 is 28.8 Å². The number of amides is 2. The van der Waals surface area contributed by atoms with E-state index in [1.807, 2.05) is 0 Å². The van der Waals surface area contributed by atoms with Gasteiger partial charge < -0.3 is 4.74 Å². The van der Waals surface area contributed by atoms with Crippen molar-refractivity contribution in [3.05, 3.63) is 0 Å². The number of nitrogens with zero attached hydrogens (tertiary/aromatic N) is 1. The summed E-state index contributed by atoms with van der Waals surface area (Å²) in [5, 5.41) is 0. The quantitative estimate of drug-likeness (QED) is 0.752. The highest BCUT2D eigenvalue weighted by atomic mass is 79.9. The first-order chi connectivity index (χ1) is 7.66. The molecule has 0 bridgehead atoms. The van der Waals surface area contributed by atoms with Crippen molar-refractivity contribution in [2.24, 2.45) is 11.8 Å². The number of cyclic esters (lactones) is 1. The van der Waals surface area contributed by atoms with Crippen LogP contribution in [0.3, 0.4) is 0 Å². The monoisotopic (exact) mass is 313 g/mol. The van der Waals surface area contributed by atoms with Crippen LogP contribution in [-0.2, 0) is 9.53 Å². The highest BCUT2D eigenvalue weighted by molar-refractivity contribution is 9.10. The molecule has 1 rings (SSSR count). The zero-order valence-corrected chi connectivity index (χ0v) is 11.3. The first-order valence-electron chi connectivity index (χ1n) is 5.22. The number of carbonyl (C=O) groups excluding carboxylic acids is 2. The SMILES string of the molecule is CC(C)[C@H]1COC(=O)N1C(=O)[C@@H](C)C(F)(F)Br. The van der Waals surface area contributed by atoms with E-state index in [0.717, 1.165) is 11.8 Å². The first-order valence-corrected chi connectivity index (χ1v) is 6.02. The lowest BCUT2D eigenvalue weighted by molar-refractivity contribution is -0.139. The van der Waals surface area contributed by atoms with Crippen LogP contribution in [0.4, 0.5) is 13.6 Å². The van der Waals surface area contributed by atoms with Crippen LogP contribution in [0.2, 0.25) is 0 Å². The lowest BCUT2D eigenvalue weighted by atomic mass is 10.0. The van der Waals surface area contributed by atoms with E-state index in [1.54, 1.807) is 13.8 Å². The molecular weight excluding hydrogens is 300 g/mol. The molecule has 0 spiro atoms. The molecule has 7 heteroatoms. The van der Waals surface area contributed by atoms with Crippen LogP contribution in [0, 0.1) is 11.8 Å². The molecular formula is C10H14BrF2NO3. The molecule has 2 amide bonds. The zero-order valence-electron chi connectivity index (χ0n) is 9.75. The van der Waals surface area contributed by atoms with Crippen molar-refractivity contribution < 1.29 is 23.1 Å². The van der Waals surface area contributed by atoms with Crippen molar-refractivity contribution in [2.75, 3.05) is 6.61 Å². The van der Waals surface area contributed by atoms with Crippen molar-refractivity contribution >= 4 is 27.9 Å². The number of ether oxygens (including phenoxy) is 1. The van der Waals surface area contributed by atoms with Gasteiger partial charge in [-0.15, -0.1) is 0 Å². The van der Waals surface area contributed by atoms with Gasteiger partial charge in [-0.2, -0.15) is 8.78 Å². The maximum absolute atomic E-state index is 13.0. The maximum atomic E-state index is 13.0. The molecule has 1 fully saturated rings. The second-order valence-electron chi connectivity index (χ2n) is 4.36.